The number of esters is 1. The van der Waals surface area contributed by atoms with E-state index in [2.05, 4.69) is 10.3 Å². The van der Waals surface area contributed by atoms with Crippen LogP contribution >= 0.6 is 11.6 Å². The lowest BCUT2D eigenvalue weighted by molar-refractivity contribution is -0.117. The number of fused-ring (bicyclic) bond motifs is 1. The Balaban J connectivity index is 2.02. The Bertz CT molecular complexity index is 950. The molecule has 0 saturated heterocycles. The molecule has 0 spiro atoms. The lowest BCUT2D eigenvalue weighted by Gasteiger charge is -2.16. The second kappa shape index (κ2) is 7.62. The minimum absolute atomic E-state index is 0.190. The molecule has 2 N–H and O–H groups in total. The SMILES string of the molecule is CC[C@H](C(=O)Nc1c(C(=O)OC)[nH]c2ccc(Cl)cc12)c1ccccc1. The van der Waals surface area contributed by atoms with E-state index in [-0.39, 0.29) is 17.5 Å². The highest BCUT2D eigenvalue weighted by atomic mass is 35.5. The van der Waals surface area contributed by atoms with Crippen molar-refractivity contribution in [3.05, 3.63) is 64.8 Å². The summed E-state index contributed by atoms with van der Waals surface area (Å²) in [6.45, 7) is 1.95. The number of anilines is 1. The van der Waals surface area contributed by atoms with Crippen LogP contribution in [0.15, 0.2) is 48.5 Å². The van der Waals surface area contributed by atoms with E-state index in [9.17, 15) is 9.59 Å². The summed E-state index contributed by atoms with van der Waals surface area (Å²) in [5.41, 5.74) is 2.19. The maximum atomic E-state index is 12.9. The number of rotatable bonds is 5. The van der Waals surface area contributed by atoms with E-state index in [0.717, 1.165) is 5.56 Å². The molecule has 3 rings (SSSR count). The summed E-state index contributed by atoms with van der Waals surface area (Å²) in [6, 6.07) is 14.7. The van der Waals surface area contributed by atoms with Gasteiger partial charge in [0.05, 0.1) is 18.7 Å². The third-order valence-electron chi connectivity index (χ3n) is 4.33. The van der Waals surface area contributed by atoms with Crippen molar-refractivity contribution < 1.29 is 14.3 Å². The molecule has 6 heteroatoms. The Labute approximate surface area is 156 Å². The first-order valence-corrected chi connectivity index (χ1v) is 8.68. The zero-order chi connectivity index (χ0) is 18.7. The molecule has 1 amide bonds. The number of hydrogen-bond donors (Lipinski definition) is 2. The molecule has 2 aromatic carbocycles. The minimum atomic E-state index is -0.555. The third-order valence-corrected chi connectivity index (χ3v) is 4.56. The summed E-state index contributed by atoms with van der Waals surface area (Å²) in [7, 11) is 1.30. The second-order valence-corrected chi connectivity index (χ2v) is 6.35. The fourth-order valence-corrected chi connectivity index (χ4v) is 3.19. The first-order chi connectivity index (χ1) is 12.5. The van der Waals surface area contributed by atoms with Crippen molar-refractivity contribution >= 4 is 40.1 Å². The number of halogens is 1. The number of amides is 1. The Hall–Kier alpha value is -2.79. The van der Waals surface area contributed by atoms with E-state index >= 15 is 0 Å². The summed E-state index contributed by atoms with van der Waals surface area (Å²) < 4.78 is 4.84. The van der Waals surface area contributed by atoms with Crippen molar-refractivity contribution in [2.24, 2.45) is 0 Å². The first kappa shape index (κ1) is 18.0. The van der Waals surface area contributed by atoms with E-state index in [4.69, 9.17) is 16.3 Å². The van der Waals surface area contributed by atoms with Crippen molar-refractivity contribution in [2.75, 3.05) is 12.4 Å². The number of carbonyl (C=O) groups is 2. The highest BCUT2D eigenvalue weighted by Crippen LogP contribution is 2.32. The molecule has 134 valence electrons. The maximum absolute atomic E-state index is 12.9. The van der Waals surface area contributed by atoms with Gasteiger partial charge in [-0.25, -0.2) is 4.79 Å². The number of aromatic nitrogens is 1. The van der Waals surface area contributed by atoms with E-state index < -0.39 is 5.97 Å². The third kappa shape index (κ3) is 3.44. The summed E-state index contributed by atoms with van der Waals surface area (Å²) >= 11 is 6.09. The molecular weight excluding hydrogens is 352 g/mol. The molecular formula is C20H19ClN2O3. The van der Waals surface area contributed by atoms with Gasteiger partial charge in [-0.3, -0.25) is 4.79 Å². The fourth-order valence-electron chi connectivity index (χ4n) is 3.02. The highest BCUT2D eigenvalue weighted by Gasteiger charge is 2.24. The first-order valence-electron chi connectivity index (χ1n) is 8.30. The van der Waals surface area contributed by atoms with Crippen molar-refractivity contribution in [3.8, 4) is 0 Å². The standard InChI is InChI=1S/C20H19ClN2O3/c1-3-14(12-7-5-4-6-8-12)19(24)23-17-15-11-13(21)9-10-16(15)22-18(17)20(25)26-2/h4-11,14,22H,3H2,1-2H3,(H,23,24)/t14-/m0/s1. The van der Waals surface area contributed by atoms with Gasteiger partial charge in [-0.15, -0.1) is 0 Å². The molecule has 26 heavy (non-hydrogen) atoms. The van der Waals surface area contributed by atoms with Crippen LogP contribution in [0.25, 0.3) is 10.9 Å². The zero-order valence-corrected chi connectivity index (χ0v) is 15.3. The maximum Gasteiger partial charge on any atom is 0.356 e. The van der Waals surface area contributed by atoms with Crippen molar-refractivity contribution in [1.82, 2.24) is 4.98 Å². The molecule has 0 radical (unpaired) electrons. The van der Waals surface area contributed by atoms with Crippen molar-refractivity contribution in [1.29, 1.82) is 0 Å². The monoisotopic (exact) mass is 370 g/mol. The molecule has 0 aliphatic carbocycles. The lowest BCUT2D eigenvalue weighted by Crippen LogP contribution is -2.22. The van der Waals surface area contributed by atoms with Crippen LogP contribution in [-0.4, -0.2) is 24.0 Å². The van der Waals surface area contributed by atoms with E-state index in [1.807, 2.05) is 37.3 Å². The van der Waals surface area contributed by atoms with Crippen LogP contribution in [0.3, 0.4) is 0 Å². The Morgan fingerprint density at radius 1 is 1.19 bits per heavy atom. The molecule has 0 aliphatic heterocycles. The smallest absolute Gasteiger partial charge is 0.356 e. The Morgan fingerprint density at radius 2 is 1.92 bits per heavy atom. The van der Waals surface area contributed by atoms with Crippen LogP contribution < -0.4 is 5.32 Å². The van der Waals surface area contributed by atoms with Gasteiger partial charge in [0.15, 0.2) is 0 Å². The van der Waals surface area contributed by atoms with Crippen LogP contribution in [0.1, 0.15) is 35.3 Å². The molecule has 0 aliphatic rings. The van der Waals surface area contributed by atoms with Gasteiger partial charge in [0.2, 0.25) is 5.91 Å². The predicted molar refractivity (Wildman–Crippen MR) is 103 cm³/mol. The fraction of sp³-hybridized carbons (Fsp3) is 0.200. The predicted octanol–water partition coefficient (Wildman–Crippen LogP) is 4.74. The molecule has 0 fully saturated rings. The summed E-state index contributed by atoms with van der Waals surface area (Å²) in [6.07, 6.45) is 0.631. The highest BCUT2D eigenvalue weighted by molar-refractivity contribution is 6.31. The van der Waals surface area contributed by atoms with Crippen LogP contribution in [0, 0.1) is 0 Å². The molecule has 0 unspecified atom stereocenters. The van der Waals surface area contributed by atoms with Crippen molar-refractivity contribution in [3.63, 3.8) is 0 Å². The van der Waals surface area contributed by atoms with Gasteiger partial charge in [0, 0.05) is 15.9 Å². The molecule has 1 atom stereocenters. The molecule has 0 saturated carbocycles. The summed E-state index contributed by atoms with van der Waals surface area (Å²) in [5.74, 6) is -1.07. The van der Waals surface area contributed by atoms with Crippen molar-refractivity contribution in [2.45, 2.75) is 19.3 Å². The van der Waals surface area contributed by atoms with Gasteiger partial charge >= 0.3 is 5.97 Å². The van der Waals surface area contributed by atoms with Gasteiger partial charge in [0.1, 0.15) is 5.69 Å². The number of carbonyl (C=O) groups excluding carboxylic acids is 2. The van der Waals surface area contributed by atoms with Gasteiger partial charge in [0.25, 0.3) is 0 Å². The number of nitrogens with one attached hydrogen (secondary N) is 2. The average Bonchev–Trinajstić information content (AvgIpc) is 3.00. The molecule has 1 aromatic heterocycles. The van der Waals surface area contributed by atoms with Crippen LogP contribution in [0.5, 0.6) is 0 Å². The van der Waals surface area contributed by atoms with Crippen LogP contribution in [-0.2, 0) is 9.53 Å². The second-order valence-electron chi connectivity index (χ2n) is 5.92. The van der Waals surface area contributed by atoms with Gasteiger partial charge in [-0.05, 0) is 30.2 Å². The van der Waals surface area contributed by atoms with Crippen LogP contribution in [0.2, 0.25) is 5.02 Å². The Kier molecular flexibility index (Phi) is 5.28. The average molecular weight is 371 g/mol. The quantitative estimate of drug-likeness (QED) is 0.637. The van der Waals surface area contributed by atoms with Gasteiger partial charge in [-0.2, -0.15) is 0 Å². The number of H-pyrrole nitrogens is 1. The molecule has 1 heterocycles. The molecule has 0 bridgehead atoms. The molecule has 3 aromatic rings. The summed E-state index contributed by atoms with van der Waals surface area (Å²) in [5, 5.41) is 4.07. The van der Waals surface area contributed by atoms with E-state index in [1.54, 1.807) is 18.2 Å². The number of methoxy groups -OCH3 is 1. The topological polar surface area (TPSA) is 71.2 Å². The van der Waals surface area contributed by atoms with Gasteiger partial charge < -0.3 is 15.0 Å². The lowest BCUT2D eigenvalue weighted by atomic mass is 9.95. The number of benzene rings is 2. The molecule has 5 nitrogen and oxygen atoms in total. The number of ether oxygens (including phenoxy) is 1. The van der Waals surface area contributed by atoms with Crippen LogP contribution in [0.4, 0.5) is 5.69 Å². The van der Waals surface area contributed by atoms with E-state index in [0.29, 0.717) is 28.0 Å². The largest absolute Gasteiger partial charge is 0.464 e. The number of hydrogen-bond acceptors (Lipinski definition) is 3. The normalized spacial score (nSPS) is 12.0. The minimum Gasteiger partial charge on any atom is -0.464 e. The van der Waals surface area contributed by atoms with E-state index in [1.165, 1.54) is 7.11 Å². The summed E-state index contributed by atoms with van der Waals surface area (Å²) in [4.78, 5) is 28.1. The zero-order valence-electron chi connectivity index (χ0n) is 14.5. The Morgan fingerprint density at radius 3 is 2.58 bits per heavy atom. The number of aromatic amines is 1. The van der Waals surface area contributed by atoms with Gasteiger partial charge in [-0.1, -0.05) is 48.9 Å².